The molecule has 0 radical (unpaired) electrons. The van der Waals surface area contributed by atoms with Crippen molar-refractivity contribution in [2.24, 2.45) is 5.92 Å². The molecule has 3 heteroatoms. The minimum absolute atomic E-state index is 0.639. The molecule has 80 valence electrons. The van der Waals surface area contributed by atoms with E-state index >= 15 is 0 Å². The molecule has 0 bridgehead atoms. The average Bonchev–Trinajstić information content (AvgIpc) is 2.41. The Morgan fingerprint density at radius 2 is 2.21 bits per heavy atom. The largest absolute Gasteiger partial charge is 0.254 e. The van der Waals surface area contributed by atoms with Crippen LogP contribution in [0.25, 0.3) is 0 Å². The van der Waals surface area contributed by atoms with Crippen LogP contribution in [0.2, 0.25) is 5.15 Å². The summed E-state index contributed by atoms with van der Waals surface area (Å²) >= 11 is 6.06. The maximum Gasteiger partial charge on any atom is 0.127 e. The van der Waals surface area contributed by atoms with Gasteiger partial charge in [0.05, 0.1) is 5.69 Å². The Balaban J connectivity index is 2.62. The van der Waals surface area contributed by atoms with Gasteiger partial charge in [0.25, 0.3) is 0 Å². The number of nitrogens with zero attached hydrogens (tertiary/aromatic N) is 2. The second-order valence-corrected chi connectivity index (χ2v) is 4.52. The molecule has 0 saturated carbocycles. The molecule has 1 aromatic heterocycles. The van der Waals surface area contributed by atoms with Crippen LogP contribution in [0.5, 0.6) is 0 Å². The summed E-state index contributed by atoms with van der Waals surface area (Å²) in [4.78, 5) is 0. The van der Waals surface area contributed by atoms with Gasteiger partial charge in [-0.05, 0) is 24.8 Å². The van der Waals surface area contributed by atoms with E-state index in [2.05, 4.69) is 25.9 Å². The van der Waals surface area contributed by atoms with Gasteiger partial charge in [-0.3, -0.25) is 4.68 Å². The standard InChI is InChI=1S/C11H19ClN2/c1-4-5-6-14-11(12)8-10(13-14)7-9(2)3/h8-9H,4-7H2,1-3H3. The second kappa shape index (κ2) is 5.40. The van der Waals surface area contributed by atoms with Gasteiger partial charge in [0.1, 0.15) is 5.15 Å². The van der Waals surface area contributed by atoms with Gasteiger partial charge >= 0.3 is 0 Å². The molecule has 0 amide bonds. The lowest BCUT2D eigenvalue weighted by Gasteiger charge is -2.01. The summed E-state index contributed by atoms with van der Waals surface area (Å²) in [6, 6.07) is 1.98. The first-order valence-electron chi connectivity index (χ1n) is 5.35. The molecule has 0 unspecified atom stereocenters. The molecule has 1 heterocycles. The summed E-state index contributed by atoms with van der Waals surface area (Å²) in [5.41, 5.74) is 1.11. The fourth-order valence-electron chi connectivity index (χ4n) is 1.43. The van der Waals surface area contributed by atoms with Gasteiger partial charge in [-0.2, -0.15) is 5.10 Å². The Bertz CT molecular complexity index is 279. The van der Waals surface area contributed by atoms with Gasteiger partial charge in [0.15, 0.2) is 0 Å². The van der Waals surface area contributed by atoms with E-state index in [0.29, 0.717) is 5.92 Å². The Morgan fingerprint density at radius 3 is 2.79 bits per heavy atom. The number of hydrogen-bond acceptors (Lipinski definition) is 1. The molecule has 14 heavy (non-hydrogen) atoms. The van der Waals surface area contributed by atoms with Crippen molar-refractivity contribution in [3.63, 3.8) is 0 Å². The molecule has 0 spiro atoms. The van der Waals surface area contributed by atoms with Crippen LogP contribution < -0.4 is 0 Å². The van der Waals surface area contributed by atoms with Crippen molar-refractivity contribution >= 4 is 11.6 Å². The van der Waals surface area contributed by atoms with E-state index in [4.69, 9.17) is 11.6 Å². The van der Waals surface area contributed by atoms with Gasteiger partial charge in [-0.15, -0.1) is 0 Å². The lowest BCUT2D eigenvalue weighted by molar-refractivity contribution is 0.553. The molecule has 0 aromatic carbocycles. The summed E-state index contributed by atoms with van der Waals surface area (Å²) in [7, 11) is 0. The number of unbranched alkanes of at least 4 members (excludes halogenated alkanes) is 1. The van der Waals surface area contributed by atoms with E-state index in [0.717, 1.165) is 30.2 Å². The van der Waals surface area contributed by atoms with Crippen molar-refractivity contribution in [3.8, 4) is 0 Å². The summed E-state index contributed by atoms with van der Waals surface area (Å²) in [5, 5.41) is 5.24. The molecule has 1 aromatic rings. The van der Waals surface area contributed by atoms with E-state index in [9.17, 15) is 0 Å². The molecule has 0 atom stereocenters. The summed E-state index contributed by atoms with van der Waals surface area (Å²) in [6.45, 7) is 7.50. The zero-order chi connectivity index (χ0) is 10.6. The van der Waals surface area contributed by atoms with E-state index in [-0.39, 0.29) is 0 Å². The van der Waals surface area contributed by atoms with Crippen molar-refractivity contribution in [2.75, 3.05) is 0 Å². The normalized spacial score (nSPS) is 11.2. The first kappa shape index (κ1) is 11.6. The topological polar surface area (TPSA) is 17.8 Å². The van der Waals surface area contributed by atoms with Crippen molar-refractivity contribution in [2.45, 2.75) is 46.6 Å². The third-order valence-electron chi connectivity index (χ3n) is 2.12. The van der Waals surface area contributed by atoms with Gasteiger partial charge < -0.3 is 0 Å². The molecular formula is C11H19ClN2. The van der Waals surface area contributed by atoms with E-state index in [1.54, 1.807) is 0 Å². The van der Waals surface area contributed by atoms with E-state index in [1.165, 1.54) is 6.42 Å². The predicted octanol–water partition coefficient (Wildman–Crippen LogP) is 3.54. The minimum Gasteiger partial charge on any atom is -0.254 e. The molecule has 0 aliphatic rings. The smallest absolute Gasteiger partial charge is 0.127 e. The monoisotopic (exact) mass is 214 g/mol. The molecule has 0 aliphatic heterocycles. The van der Waals surface area contributed by atoms with Crippen LogP contribution in [-0.2, 0) is 13.0 Å². The molecule has 0 N–H and O–H groups in total. The highest BCUT2D eigenvalue weighted by molar-refractivity contribution is 6.29. The summed E-state index contributed by atoms with van der Waals surface area (Å²) in [5.74, 6) is 0.639. The predicted molar refractivity (Wildman–Crippen MR) is 60.7 cm³/mol. The molecule has 2 nitrogen and oxygen atoms in total. The minimum atomic E-state index is 0.639. The first-order chi connectivity index (χ1) is 6.63. The lowest BCUT2D eigenvalue weighted by Crippen LogP contribution is -2.02. The van der Waals surface area contributed by atoms with Crippen LogP contribution in [0.15, 0.2) is 6.07 Å². The third kappa shape index (κ3) is 3.33. The number of rotatable bonds is 5. The van der Waals surface area contributed by atoms with Crippen LogP contribution >= 0.6 is 11.6 Å². The molecule has 0 saturated heterocycles. The van der Waals surface area contributed by atoms with Crippen molar-refractivity contribution in [3.05, 3.63) is 16.9 Å². The zero-order valence-electron chi connectivity index (χ0n) is 9.26. The highest BCUT2D eigenvalue weighted by Crippen LogP contribution is 2.14. The molecule has 0 aliphatic carbocycles. The van der Waals surface area contributed by atoms with Gasteiger partial charge in [-0.25, -0.2) is 0 Å². The van der Waals surface area contributed by atoms with Crippen molar-refractivity contribution in [1.29, 1.82) is 0 Å². The fraction of sp³-hybridized carbons (Fsp3) is 0.727. The average molecular weight is 215 g/mol. The molecular weight excluding hydrogens is 196 g/mol. The summed E-state index contributed by atoms with van der Waals surface area (Å²) < 4.78 is 1.91. The van der Waals surface area contributed by atoms with Crippen LogP contribution in [0, 0.1) is 5.92 Å². The second-order valence-electron chi connectivity index (χ2n) is 4.13. The van der Waals surface area contributed by atoms with Crippen LogP contribution in [0.3, 0.4) is 0 Å². The number of halogens is 1. The van der Waals surface area contributed by atoms with Gasteiger partial charge in [0.2, 0.25) is 0 Å². The van der Waals surface area contributed by atoms with Gasteiger partial charge in [-0.1, -0.05) is 38.8 Å². The Kier molecular flexibility index (Phi) is 4.46. The Morgan fingerprint density at radius 1 is 1.50 bits per heavy atom. The van der Waals surface area contributed by atoms with E-state index in [1.807, 2.05) is 10.7 Å². The molecule has 0 fully saturated rings. The van der Waals surface area contributed by atoms with Crippen molar-refractivity contribution in [1.82, 2.24) is 9.78 Å². The fourth-order valence-corrected chi connectivity index (χ4v) is 1.67. The third-order valence-corrected chi connectivity index (χ3v) is 2.43. The SMILES string of the molecule is CCCCn1nc(CC(C)C)cc1Cl. The number of aryl methyl sites for hydroxylation is 1. The van der Waals surface area contributed by atoms with E-state index < -0.39 is 0 Å². The Labute approximate surface area is 91.3 Å². The zero-order valence-corrected chi connectivity index (χ0v) is 10.0. The maximum absolute atomic E-state index is 6.06. The van der Waals surface area contributed by atoms with Crippen molar-refractivity contribution < 1.29 is 0 Å². The highest BCUT2D eigenvalue weighted by atomic mass is 35.5. The maximum atomic E-state index is 6.06. The van der Waals surface area contributed by atoms with Gasteiger partial charge in [0, 0.05) is 6.54 Å². The summed E-state index contributed by atoms with van der Waals surface area (Å²) in [6.07, 6.45) is 3.33. The lowest BCUT2D eigenvalue weighted by atomic mass is 10.1. The van der Waals surface area contributed by atoms with Crippen LogP contribution in [0.4, 0.5) is 0 Å². The Hall–Kier alpha value is -0.500. The number of aromatic nitrogens is 2. The first-order valence-corrected chi connectivity index (χ1v) is 5.73. The van der Waals surface area contributed by atoms with Crippen LogP contribution in [-0.4, -0.2) is 9.78 Å². The van der Waals surface area contributed by atoms with Crippen LogP contribution in [0.1, 0.15) is 39.3 Å². The highest BCUT2D eigenvalue weighted by Gasteiger charge is 2.06. The number of hydrogen-bond donors (Lipinski definition) is 0. The molecule has 1 rings (SSSR count). The quantitative estimate of drug-likeness (QED) is 0.733.